The second-order valence-corrected chi connectivity index (χ2v) is 8.42. The molecule has 1 amide bonds. The van der Waals surface area contributed by atoms with Crippen molar-refractivity contribution in [1.82, 2.24) is 14.7 Å². The van der Waals surface area contributed by atoms with Crippen molar-refractivity contribution >= 4 is 5.91 Å². The van der Waals surface area contributed by atoms with Gasteiger partial charge in [0.15, 0.2) is 6.29 Å². The van der Waals surface area contributed by atoms with Crippen LogP contribution in [0.15, 0.2) is 54.7 Å². The maximum absolute atomic E-state index is 13.6. The van der Waals surface area contributed by atoms with E-state index in [-0.39, 0.29) is 18.0 Å². The number of aromatic nitrogens is 2. The predicted octanol–water partition coefficient (Wildman–Crippen LogP) is 4.21. The van der Waals surface area contributed by atoms with Gasteiger partial charge in [-0.2, -0.15) is 5.10 Å². The zero-order chi connectivity index (χ0) is 22.1. The number of hydrogen-bond acceptors (Lipinski definition) is 4. The molecule has 0 saturated carbocycles. The summed E-state index contributed by atoms with van der Waals surface area (Å²) in [7, 11) is 0. The summed E-state index contributed by atoms with van der Waals surface area (Å²) in [5, 5.41) is 4.72. The lowest BCUT2D eigenvalue weighted by molar-refractivity contribution is -0.0956. The van der Waals surface area contributed by atoms with Crippen molar-refractivity contribution in [3.05, 3.63) is 71.7 Å². The third kappa shape index (κ3) is 4.18. The number of likely N-dealkylation sites (tertiary alicyclic amines) is 1. The van der Waals surface area contributed by atoms with E-state index in [0.717, 1.165) is 24.0 Å². The highest BCUT2D eigenvalue weighted by atomic mass is 19.1. The molecule has 3 aromatic rings. The van der Waals surface area contributed by atoms with Crippen LogP contribution < -0.4 is 0 Å². The molecule has 1 aromatic heterocycles. The lowest BCUT2D eigenvalue weighted by Gasteiger charge is -2.33. The Labute approximate surface area is 186 Å². The Morgan fingerprint density at radius 1 is 1.06 bits per heavy atom. The fourth-order valence-corrected chi connectivity index (χ4v) is 4.46. The van der Waals surface area contributed by atoms with Crippen LogP contribution in [0.25, 0.3) is 16.9 Å². The quantitative estimate of drug-likeness (QED) is 0.616. The maximum Gasteiger partial charge on any atom is 0.257 e. The number of benzene rings is 2. The van der Waals surface area contributed by atoms with Gasteiger partial charge in [0.1, 0.15) is 11.5 Å². The minimum atomic E-state index is -0.311. The van der Waals surface area contributed by atoms with Gasteiger partial charge in [0.05, 0.1) is 24.5 Å². The molecule has 0 N–H and O–H groups in total. The Bertz CT molecular complexity index is 1100. The summed E-state index contributed by atoms with van der Waals surface area (Å²) in [6.45, 7) is 4.61. The van der Waals surface area contributed by atoms with Crippen molar-refractivity contribution in [2.75, 3.05) is 26.3 Å². The molecule has 0 spiro atoms. The summed E-state index contributed by atoms with van der Waals surface area (Å²) in [4.78, 5) is 15.4. The number of halogens is 1. The number of carbonyl (C=O) groups excluding carboxylic acids is 1. The molecule has 0 unspecified atom stereocenters. The van der Waals surface area contributed by atoms with Gasteiger partial charge in [-0.05, 0) is 50.1 Å². The van der Waals surface area contributed by atoms with Crippen LogP contribution in [0.3, 0.4) is 0 Å². The molecule has 0 radical (unpaired) electrons. The maximum atomic E-state index is 13.6. The summed E-state index contributed by atoms with van der Waals surface area (Å²) >= 11 is 0. The number of hydrogen-bond donors (Lipinski definition) is 0. The number of carbonyl (C=O) groups is 1. The van der Waals surface area contributed by atoms with Crippen molar-refractivity contribution < 1.29 is 18.7 Å². The molecule has 2 fully saturated rings. The largest absolute Gasteiger partial charge is 0.350 e. The average Bonchev–Trinajstić information content (AvgIpc) is 3.50. The van der Waals surface area contributed by atoms with Crippen molar-refractivity contribution in [3.8, 4) is 16.9 Å². The third-order valence-corrected chi connectivity index (χ3v) is 6.19. The molecule has 0 aliphatic carbocycles. The lowest BCUT2D eigenvalue weighted by Crippen LogP contribution is -2.41. The molecule has 2 aromatic carbocycles. The van der Waals surface area contributed by atoms with Gasteiger partial charge in [-0.1, -0.05) is 23.8 Å². The van der Waals surface area contributed by atoms with Crippen LogP contribution in [-0.2, 0) is 9.47 Å². The molecule has 3 heterocycles. The molecule has 7 heteroatoms. The van der Waals surface area contributed by atoms with Crippen LogP contribution in [-0.4, -0.2) is 53.2 Å². The zero-order valence-electron chi connectivity index (χ0n) is 18.0. The Hall–Kier alpha value is -3.03. The highest BCUT2D eigenvalue weighted by Crippen LogP contribution is 2.30. The Kier molecular flexibility index (Phi) is 5.76. The first-order chi connectivity index (χ1) is 15.6. The van der Waals surface area contributed by atoms with Crippen LogP contribution in [0.5, 0.6) is 0 Å². The van der Waals surface area contributed by atoms with Gasteiger partial charge in [-0.15, -0.1) is 0 Å². The number of piperidine rings is 1. The van der Waals surface area contributed by atoms with E-state index in [0.29, 0.717) is 49.2 Å². The molecular formula is C25H26FN3O3. The topological polar surface area (TPSA) is 56.6 Å². The molecule has 166 valence electrons. The van der Waals surface area contributed by atoms with E-state index in [4.69, 9.17) is 14.6 Å². The first kappa shape index (κ1) is 20.8. The monoisotopic (exact) mass is 435 g/mol. The first-order valence-corrected chi connectivity index (χ1v) is 11.0. The average molecular weight is 435 g/mol. The number of rotatable bonds is 4. The number of ether oxygens (including phenoxy) is 2. The predicted molar refractivity (Wildman–Crippen MR) is 118 cm³/mol. The second-order valence-electron chi connectivity index (χ2n) is 8.42. The van der Waals surface area contributed by atoms with E-state index < -0.39 is 0 Å². The highest BCUT2D eigenvalue weighted by molar-refractivity contribution is 6.00. The van der Waals surface area contributed by atoms with Crippen molar-refractivity contribution in [1.29, 1.82) is 0 Å². The lowest BCUT2D eigenvalue weighted by atomic mass is 9.95. The molecule has 32 heavy (non-hydrogen) atoms. The molecule has 0 bridgehead atoms. The van der Waals surface area contributed by atoms with Gasteiger partial charge < -0.3 is 14.4 Å². The second kappa shape index (κ2) is 8.84. The van der Waals surface area contributed by atoms with E-state index >= 15 is 0 Å². The summed E-state index contributed by atoms with van der Waals surface area (Å²) in [6, 6.07) is 14.1. The summed E-state index contributed by atoms with van der Waals surface area (Å²) in [6.07, 6.45) is 3.31. The van der Waals surface area contributed by atoms with E-state index in [1.54, 1.807) is 23.0 Å². The minimum absolute atomic E-state index is 0.0402. The Morgan fingerprint density at radius 2 is 1.78 bits per heavy atom. The van der Waals surface area contributed by atoms with Gasteiger partial charge >= 0.3 is 0 Å². The fraction of sp³-hybridized carbons (Fsp3) is 0.360. The van der Waals surface area contributed by atoms with Crippen LogP contribution in [0.1, 0.15) is 28.8 Å². The van der Waals surface area contributed by atoms with Gasteiger partial charge in [0.2, 0.25) is 0 Å². The summed E-state index contributed by atoms with van der Waals surface area (Å²) in [5.74, 6) is -0.0319. The summed E-state index contributed by atoms with van der Waals surface area (Å²) < 4.78 is 26.4. The molecule has 2 aliphatic heterocycles. The van der Waals surface area contributed by atoms with Crippen molar-refractivity contribution in [3.63, 3.8) is 0 Å². The van der Waals surface area contributed by atoms with Crippen LogP contribution in [0.4, 0.5) is 4.39 Å². The van der Waals surface area contributed by atoms with E-state index in [9.17, 15) is 9.18 Å². The minimum Gasteiger partial charge on any atom is -0.350 e. The Balaban J connectivity index is 1.44. The van der Waals surface area contributed by atoms with Crippen molar-refractivity contribution in [2.45, 2.75) is 26.1 Å². The zero-order valence-corrected chi connectivity index (χ0v) is 18.0. The number of aryl methyl sites for hydroxylation is 1. The first-order valence-electron chi connectivity index (χ1n) is 11.0. The summed E-state index contributed by atoms with van der Waals surface area (Å²) in [5.41, 5.74) is 3.86. The van der Waals surface area contributed by atoms with Crippen LogP contribution in [0.2, 0.25) is 0 Å². The molecule has 2 aliphatic rings. The van der Waals surface area contributed by atoms with E-state index in [1.807, 2.05) is 36.1 Å². The van der Waals surface area contributed by atoms with Gasteiger partial charge in [0.25, 0.3) is 5.91 Å². The third-order valence-electron chi connectivity index (χ3n) is 6.19. The normalized spacial score (nSPS) is 17.8. The van der Waals surface area contributed by atoms with Crippen LogP contribution in [0, 0.1) is 18.7 Å². The number of nitrogens with zero attached hydrogens (tertiary/aromatic N) is 3. The molecule has 5 rings (SSSR count). The van der Waals surface area contributed by atoms with Gasteiger partial charge in [-0.3, -0.25) is 4.79 Å². The SMILES string of the molecule is Cc1cccc(-c2nn(-c3ccc(F)cc3)cc2C(=O)N2CCC(C3OCCO3)CC2)c1. The molecular weight excluding hydrogens is 409 g/mol. The van der Waals surface area contributed by atoms with Gasteiger partial charge in [-0.25, -0.2) is 9.07 Å². The molecule has 6 nitrogen and oxygen atoms in total. The standard InChI is InChI=1S/C25H26FN3O3/c1-17-3-2-4-19(15-17)23-22(16-29(27-23)21-7-5-20(26)6-8-21)24(30)28-11-9-18(10-12-28)25-31-13-14-32-25/h2-8,15-16,18,25H,9-14H2,1H3. The smallest absolute Gasteiger partial charge is 0.257 e. The Morgan fingerprint density at radius 3 is 2.47 bits per heavy atom. The number of amides is 1. The van der Waals surface area contributed by atoms with E-state index in [2.05, 4.69) is 0 Å². The van der Waals surface area contributed by atoms with Crippen molar-refractivity contribution in [2.24, 2.45) is 5.92 Å². The molecule has 0 atom stereocenters. The van der Waals surface area contributed by atoms with E-state index in [1.165, 1.54) is 12.1 Å². The molecule has 2 saturated heterocycles. The highest BCUT2D eigenvalue weighted by Gasteiger charge is 2.33. The van der Waals surface area contributed by atoms with Crippen LogP contribution >= 0.6 is 0 Å². The van der Waals surface area contributed by atoms with Gasteiger partial charge in [0, 0.05) is 30.8 Å². The fourth-order valence-electron chi connectivity index (χ4n) is 4.46.